The van der Waals surface area contributed by atoms with Crippen LogP contribution in [0.2, 0.25) is 5.15 Å². The minimum Gasteiger partial charge on any atom is -0.469 e. The highest BCUT2D eigenvalue weighted by Crippen LogP contribution is 2.12. The van der Waals surface area contributed by atoms with E-state index in [9.17, 15) is 0 Å². The monoisotopic (exact) mass is 504 g/mol. The van der Waals surface area contributed by atoms with Gasteiger partial charge in [0.05, 0.1) is 12.9 Å². The Labute approximate surface area is 182 Å². The summed E-state index contributed by atoms with van der Waals surface area (Å²) < 4.78 is 10.8. The van der Waals surface area contributed by atoms with Gasteiger partial charge in [-0.3, -0.25) is 4.99 Å². The number of aromatic nitrogens is 1. The number of halogens is 2. The van der Waals surface area contributed by atoms with Crippen LogP contribution >= 0.6 is 35.6 Å². The average Bonchev–Trinajstić information content (AvgIpc) is 3.35. The van der Waals surface area contributed by atoms with Crippen molar-refractivity contribution < 1.29 is 9.15 Å². The molecule has 1 aliphatic rings. The molecule has 1 fully saturated rings. The first kappa shape index (κ1) is 22.0. The van der Waals surface area contributed by atoms with Gasteiger partial charge in [-0.2, -0.15) is 0 Å². The number of nitrogens with zero attached hydrogens (tertiary/aromatic N) is 2. The first-order valence-electron chi connectivity index (χ1n) is 9.02. The van der Waals surface area contributed by atoms with Crippen molar-refractivity contribution in [2.24, 2.45) is 10.9 Å². The lowest BCUT2D eigenvalue weighted by Crippen LogP contribution is -2.39. The maximum atomic E-state index is 5.83. The molecule has 0 aliphatic carbocycles. The number of ether oxygens (including phenoxy) is 1. The molecule has 0 saturated carbocycles. The Kier molecular flexibility index (Phi) is 9.93. The fraction of sp³-hybridized carbons (Fsp3) is 0.474. The van der Waals surface area contributed by atoms with Gasteiger partial charge in [-0.25, -0.2) is 4.98 Å². The highest BCUT2D eigenvalue weighted by Gasteiger charge is 2.15. The van der Waals surface area contributed by atoms with E-state index >= 15 is 0 Å². The van der Waals surface area contributed by atoms with E-state index in [0.29, 0.717) is 11.1 Å². The van der Waals surface area contributed by atoms with Crippen LogP contribution in [0.4, 0.5) is 0 Å². The van der Waals surface area contributed by atoms with Crippen LogP contribution in [-0.2, 0) is 17.6 Å². The standard InChI is InChI=1S/C19H25ClN4O2.HI/c20-18-4-3-15(12-23-18)5-8-21-19(24-13-16-7-11-25-14-16)22-9-6-17-2-1-10-26-17;/h1-4,10,12,16H,5-9,11,13-14H2,(H2,21,22,24);1H. The van der Waals surface area contributed by atoms with Gasteiger partial charge in [0.2, 0.25) is 0 Å². The highest BCUT2D eigenvalue weighted by atomic mass is 127. The van der Waals surface area contributed by atoms with Crippen LogP contribution < -0.4 is 10.6 Å². The Balaban J connectivity index is 0.00000261. The highest BCUT2D eigenvalue weighted by molar-refractivity contribution is 14.0. The van der Waals surface area contributed by atoms with E-state index in [1.807, 2.05) is 24.3 Å². The molecule has 1 saturated heterocycles. The van der Waals surface area contributed by atoms with Crippen LogP contribution in [0.25, 0.3) is 0 Å². The van der Waals surface area contributed by atoms with Crippen LogP contribution in [0, 0.1) is 5.92 Å². The molecule has 6 nitrogen and oxygen atoms in total. The van der Waals surface area contributed by atoms with Crippen molar-refractivity contribution in [1.29, 1.82) is 0 Å². The molecule has 27 heavy (non-hydrogen) atoms. The van der Waals surface area contributed by atoms with E-state index in [4.69, 9.17) is 25.7 Å². The van der Waals surface area contributed by atoms with Gasteiger partial charge in [-0.1, -0.05) is 17.7 Å². The molecule has 2 N–H and O–H groups in total. The third-order valence-electron chi connectivity index (χ3n) is 4.27. The molecule has 8 heteroatoms. The van der Waals surface area contributed by atoms with Crippen molar-refractivity contribution >= 4 is 41.5 Å². The SMILES string of the molecule is Clc1ccc(CCNC(=NCC2CCOC2)NCCc2ccco2)cn1.I. The van der Waals surface area contributed by atoms with E-state index < -0.39 is 0 Å². The number of pyridine rings is 1. The Hall–Kier alpha value is -1.32. The van der Waals surface area contributed by atoms with Gasteiger partial charge in [-0.15, -0.1) is 24.0 Å². The van der Waals surface area contributed by atoms with Crippen LogP contribution in [0.1, 0.15) is 17.7 Å². The first-order valence-corrected chi connectivity index (χ1v) is 9.40. The molecule has 0 spiro atoms. The summed E-state index contributed by atoms with van der Waals surface area (Å²) in [5, 5.41) is 7.29. The third-order valence-corrected chi connectivity index (χ3v) is 4.49. The quantitative estimate of drug-likeness (QED) is 0.250. The zero-order valence-corrected chi connectivity index (χ0v) is 18.3. The molecule has 2 aromatic heterocycles. The maximum absolute atomic E-state index is 5.83. The Morgan fingerprint density at radius 3 is 2.74 bits per heavy atom. The molecule has 1 unspecified atom stereocenters. The Bertz CT molecular complexity index is 674. The predicted molar refractivity (Wildman–Crippen MR) is 118 cm³/mol. The van der Waals surface area contributed by atoms with Crippen molar-refractivity contribution in [3.8, 4) is 0 Å². The number of hydrogen-bond acceptors (Lipinski definition) is 4. The minimum atomic E-state index is 0. The van der Waals surface area contributed by atoms with E-state index in [-0.39, 0.29) is 24.0 Å². The summed E-state index contributed by atoms with van der Waals surface area (Å²) in [6.45, 7) is 3.97. The first-order chi connectivity index (χ1) is 12.8. The van der Waals surface area contributed by atoms with Crippen molar-refractivity contribution in [1.82, 2.24) is 15.6 Å². The summed E-state index contributed by atoms with van der Waals surface area (Å²) >= 11 is 5.83. The fourth-order valence-corrected chi connectivity index (χ4v) is 2.87. The fourth-order valence-electron chi connectivity index (χ4n) is 2.76. The van der Waals surface area contributed by atoms with Crippen LogP contribution in [0.15, 0.2) is 46.1 Å². The lowest BCUT2D eigenvalue weighted by Gasteiger charge is -2.13. The summed E-state index contributed by atoms with van der Waals surface area (Å²) in [4.78, 5) is 8.83. The second-order valence-corrected chi connectivity index (χ2v) is 6.73. The number of aliphatic imine (C=N–C) groups is 1. The summed E-state index contributed by atoms with van der Waals surface area (Å²) in [5.41, 5.74) is 1.14. The Morgan fingerprint density at radius 2 is 2.07 bits per heavy atom. The van der Waals surface area contributed by atoms with E-state index in [1.165, 1.54) is 0 Å². The number of hydrogen-bond donors (Lipinski definition) is 2. The molecule has 3 heterocycles. The largest absolute Gasteiger partial charge is 0.469 e. The molecule has 3 rings (SSSR count). The van der Waals surface area contributed by atoms with Crippen molar-refractivity contribution in [2.45, 2.75) is 19.3 Å². The molecular formula is C19H26ClIN4O2. The number of furan rings is 1. The lowest BCUT2D eigenvalue weighted by molar-refractivity contribution is 0.187. The van der Waals surface area contributed by atoms with Gasteiger partial charge >= 0.3 is 0 Å². The molecular weight excluding hydrogens is 479 g/mol. The summed E-state index contributed by atoms with van der Waals surface area (Å²) in [5.74, 6) is 2.30. The second kappa shape index (κ2) is 12.2. The molecule has 0 radical (unpaired) electrons. The zero-order valence-electron chi connectivity index (χ0n) is 15.2. The summed E-state index contributed by atoms with van der Waals surface area (Å²) in [6, 6.07) is 7.69. The van der Waals surface area contributed by atoms with E-state index in [1.54, 1.807) is 12.5 Å². The number of guanidine groups is 1. The van der Waals surface area contributed by atoms with Gasteiger partial charge in [0.15, 0.2) is 5.96 Å². The number of nitrogens with one attached hydrogen (secondary N) is 2. The molecule has 148 valence electrons. The third kappa shape index (κ3) is 8.06. The van der Waals surface area contributed by atoms with Crippen molar-refractivity contribution in [3.05, 3.63) is 53.2 Å². The average molecular weight is 505 g/mol. The summed E-state index contributed by atoms with van der Waals surface area (Å²) in [6.07, 6.45) is 6.26. The topological polar surface area (TPSA) is 71.7 Å². The van der Waals surface area contributed by atoms with Crippen LogP contribution in [0.3, 0.4) is 0 Å². The van der Waals surface area contributed by atoms with E-state index in [2.05, 4.69) is 15.6 Å². The van der Waals surface area contributed by atoms with Crippen LogP contribution in [-0.4, -0.2) is 43.8 Å². The van der Waals surface area contributed by atoms with Gasteiger partial charge in [0, 0.05) is 44.8 Å². The lowest BCUT2D eigenvalue weighted by atomic mass is 10.1. The van der Waals surface area contributed by atoms with Gasteiger partial charge in [0.1, 0.15) is 10.9 Å². The molecule has 2 aromatic rings. The van der Waals surface area contributed by atoms with Gasteiger partial charge in [0.25, 0.3) is 0 Å². The smallest absolute Gasteiger partial charge is 0.191 e. The van der Waals surface area contributed by atoms with Gasteiger partial charge in [-0.05, 0) is 36.6 Å². The van der Waals surface area contributed by atoms with Crippen LogP contribution in [0.5, 0.6) is 0 Å². The molecule has 0 amide bonds. The van der Waals surface area contributed by atoms with E-state index in [0.717, 1.165) is 69.4 Å². The minimum absolute atomic E-state index is 0. The molecule has 1 aliphatic heterocycles. The molecule has 0 aromatic carbocycles. The second-order valence-electron chi connectivity index (χ2n) is 6.34. The predicted octanol–water partition coefficient (Wildman–Crippen LogP) is 3.30. The van der Waals surface area contributed by atoms with Gasteiger partial charge < -0.3 is 19.8 Å². The Morgan fingerprint density at radius 1 is 1.22 bits per heavy atom. The zero-order chi connectivity index (χ0) is 18.0. The molecule has 1 atom stereocenters. The number of rotatable bonds is 8. The summed E-state index contributed by atoms with van der Waals surface area (Å²) in [7, 11) is 0. The normalized spacial score (nSPS) is 16.8. The van der Waals surface area contributed by atoms with Crippen molar-refractivity contribution in [2.75, 3.05) is 32.8 Å². The maximum Gasteiger partial charge on any atom is 0.191 e. The molecule has 0 bridgehead atoms. The van der Waals surface area contributed by atoms with Crippen molar-refractivity contribution in [3.63, 3.8) is 0 Å².